The summed E-state index contributed by atoms with van der Waals surface area (Å²) in [5, 5.41) is 0.264. The van der Waals surface area contributed by atoms with Crippen molar-refractivity contribution in [2.75, 3.05) is 5.75 Å². The predicted molar refractivity (Wildman–Crippen MR) is 45.1 cm³/mol. The largest absolute Gasteiger partial charge is 0.288 e. The first-order valence-electron chi connectivity index (χ1n) is 3.82. The van der Waals surface area contributed by atoms with Gasteiger partial charge in [0, 0.05) is 12.7 Å². The molecule has 1 saturated carbocycles. The summed E-state index contributed by atoms with van der Waals surface area (Å²) >= 11 is 1.49. The Kier molecular flexibility index (Phi) is 2.40. The summed E-state index contributed by atoms with van der Waals surface area (Å²) in [6.45, 7) is 3.87. The molecule has 0 radical (unpaired) electrons. The maximum atomic E-state index is 10.6. The van der Waals surface area contributed by atoms with Crippen LogP contribution in [0.5, 0.6) is 0 Å². The molecule has 0 atom stereocenters. The third-order valence-corrected chi connectivity index (χ3v) is 3.45. The Balaban J connectivity index is 2.19. The number of carbonyl (C=O) groups is 1. The quantitative estimate of drug-likeness (QED) is 0.627. The van der Waals surface area contributed by atoms with Crippen molar-refractivity contribution in [1.29, 1.82) is 0 Å². The van der Waals surface area contributed by atoms with Crippen molar-refractivity contribution in [3.8, 4) is 0 Å². The SMILES string of the molecule is CCC1(CSC(C)=O)CC1. The lowest BCUT2D eigenvalue weighted by Crippen LogP contribution is -2.03. The third kappa shape index (κ3) is 2.01. The van der Waals surface area contributed by atoms with E-state index in [1.54, 1.807) is 6.92 Å². The Bertz CT molecular complexity index is 138. The van der Waals surface area contributed by atoms with Crippen LogP contribution in [0, 0.1) is 5.41 Å². The second-order valence-electron chi connectivity index (χ2n) is 3.13. The zero-order chi connectivity index (χ0) is 7.61. The van der Waals surface area contributed by atoms with Crippen molar-refractivity contribution in [1.82, 2.24) is 0 Å². The van der Waals surface area contributed by atoms with Crippen LogP contribution < -0.4 is 0 Å². The van der Waals surface area contributed by atoms with Crippen molar-refractivity contribution in [2.45, 2.75) is 33.1 Å². The Hall–Kier alpha value is 0.0200. The molecule has 1 nitrogen and oxygen atoms in total. The number of rotatable bonds is 3. The summed E-state index contributed by atoms with van der Waals surface area (Å²) in [7, 11) is 0. The lowest BCUT2D eigenvalue weighted by Gasteiger charge is -2.08. The Labute approximate surface area is 66.6 Å². The molecule has 0 spiro atoms. The molecule has 58 valence electrons. The van der Waals surface area contributed by atoms with Crippen molar-refractivity contribution in [3.63, 3.8) is 0 Å². The Morgan fingerprint density at radius 2 is 2.20 bits per heavy atom. The fourth-order valence-corrected chi connectivity index (χ4v) is 2.03. The van der Waals surface area contributed by atoms with Gasteiger partial charge in [-0.1, -0.05) is 18.7 Å². The first-order valence-corrected chi connectivity index (χ1v) is 4.80. The Morgan fingerprint density at radius 1 is 1.60 bits per heavy atom. The maximum Gasteiger partial charge on any atom is 0.185 e. The molecule has 0 N–H and O–H groups in total. The fourth-order valence-electron chi connectivity index (χ4n) is 1.03. The van der Waals surface area contributed by atoms with Gasteiger partial charge in [-0.05, 0) is 24.7 Å². The van der Waals surface area contributed by atoms with Gasteiger partial charge in [0.25, 0.3) is 0 Å². The Morgan fingerprint density at radius 3 is 2.50 bits per heavy atom. The van der Waals surface area contributed by atoms with Crippen LogP contribution in [0.15, 0.2) is 0 Å². The maximum absolute atomic E-state index is 10.6. The van der Waals surface area contributed by atoms with Crippen LogP contribution in [0.4, 0.5) is 0 Å². The van der Waals surface area contributed by atoms with E-state index in [-0.39, 0.29) is 5.12 Å². The van der Waals surface area contributed by atoms with E-state index in [4.69, 9.17) is 0 Å². The molecule has 0 aliphatic heterocycles. The van der Waals surface area contributed by atoms with Gasteiger partial charge in [-0.15, -0.1) is 0 Å². The molecule has 10 heavy (non-hydrogen) atoms. The van der Waals surface area contributed by atoms with Gasteiger partial charge in [0.1, 0.15) is 0 Å². The van der Waals surface area contributed by atoms with E-state index < -0.39 is 0 Å². The highest BCUT2D eigenvalue weighted by Crippen LogP contribution is 2.50. The van der Waals surface area contributed by atoms with Crippen LogP contribution in [0.25, 0.3) is 0 Å². The minimum Gasteiger partial charge on any atom is -0.288 e. The molecule has 0 bridgehead atoms. The van der Waals surface area contributed by atoms with Crippen LogP contribution in [0.2, 0.25) is 0 Å². The summed E-state index contributed by atoms with van der Waals surface area (Å²) in [5.74, 6) is 1.05. The summed E-state index contributed by atoms with van der Waals surface area (Å²) in [4.78, 5) is 10.6. The molecule has 1 rings (SSSR count). The van der Waals surface area contributed by atoms with Crippen molar-refractivity contribution in [2.24, 2.45) is 5.41 Å². The highest BCUT2D eigenvalue weighted by Gasteiger charge is 2.40. The number of hydrogen-bond acceptors (Lipinski definition) is 2. The predicted octanol–water partition coefficient (Wildman–Crippen LogP) is 2.46. The number of hydrogen-bond donors (Lipinski definition) is 0. The summed E-state index contributed by atoms with van der Waals surface area (Å²) in [5.41, 5.74) is 0.566. The van der Waals surface area contributed by atoms with Gasteiger partial charge in [0.05, 0.1) is 0 Å². The van der Waals surface area contributed by atoms with E-state index in [9.17, 15) is 4.79 Å². The smallest absolute Gasteiger partial charge is 0.185 e. The van der Waals surface area contributed by atoms with Gasteiger partial charge in [0.15, 0.2) is 5.12 Å². The first-order chi connectivity index (χ1) is 4.68. The monoisotopic (exact) mass is 158 g/mol. The molecular formula is C8H14OS. The topological polar surface area (TPSA) is 17.1 Å². The molecule has 0 aromatic rings. The first kappa shape index (κ1) is 8.12. The zero-order valence-corrected chi connectivity index (χ0v) is 7.46. The van der Waals surface area contributed by atoms with Gasteiger partial charge in [0.2, 0.25) is 0 Å². The zero-order valence-electron chi connectivity index (χ0n) is 6.64. The highest BCUT2D eigenvalue weighted by molar-refractivity contribution is 8.13. The van der Waals surface area contributed by atoms with Gasteiger partial charge >= 0.3 is 0 Å². The molecule has 0 amide bonds. The molecule has 1 aliphatic rings. The molecule has 1 aliphatic carbocycles. The average Bonchev–Trinajstić information content (AvgIpc) is 2.64. The van der Waals surface area contributed by atoms with Gasteiger partial charge in [-0.2, -0.15) is 0 Å². The number of carbonyl (C=O) groups excluding carboxylic acids is 1. The van der Waals surface area contributed by atoms with Gasteiger partial charge in [-0.3, -0.25) is 4.79 Å². The average molecular weight is 158 g/mol. The summed E-state index contributed by atoms with van der Waals surface area (Å²) < 4.78 is 0. The van der Waals surface area contributed by atoms with Crippen LogP contribution in [-0.2, 0) is 4.79 Å². The van der Waals surface area contributed by atoms with Crippen LogP contribution in [0.3, 0.4) is 0 Å². The normalized spacial score (nSPS) is 20.6. The van der Waals surface area contributed by atoms with Gasteiger partial charge < -0.3 is 0 Å². The highest BCUT2D eigenvalue weighted by atomic mass is 32.2. The van der Waals surface area contributed by atoms with Crippen LogP contribution in [0.1, 0.15) is 33.1 Å². The molecule has 0 saturated heterocycles. The lowest BCUT2D eigenvalue weighted by molar-refractivity contribution is -0.109. The van der Waals surface area contributed by atoms with Crippen molar-refractivity contribution < 1.29 is 4.79 Å². The van der Waals surface area contributed by atoms with E-state index in [0.29, 0.717) is 5.41 Å². The third-order valence-electron chi connectivity index (χ3n) is 2.29. The molecular weight excluding hydrogens is 144 g/mol. The van der Waals surface area contributed by atoms with E-state index in [1.807, 2.05) is 0 Å². The molecule has 1 fully saturated rings. The molecule has 0 heterocycles. The van der Waals surface area contributed by atoms with E-state index >= 15 is 0 Å². The van der Waals surface area contributed by atoms with Crippen LogP contribution >= 0.6 is 11.8 Å². The second kappa shape index (κ2) is 2.95. The number of thioether (sulfide) groups is 1. The van der Waals surface area contributed by atoms with Gasteiger partial charge in [-0.25, -0.2) is 0 Å². The minimum absolute atomic E-state index is 0.264. The molecule has 0 unspecified atom stereocenters. The fraction of sp³-hybridized carbons (Fsp3) is 0.875. The minimum atomic E-state index is 0.264. The molecule has 2 heteroatoms. The molecule has 0 aromatic heterocycles. The van der Waals surface area contributed by atoms with E-state index in [0.717, 1.165) is 5.75 Å². The standard InChI is InChI=1S/C8H14OS/c1-3-8(4-5-8)6-10-7(2)9/h3-6H2,1-2H3. The molecule has 0 aromatic carbocycles. The van der Waals surface area contributed by atoms with E-state index in [1.165, 1.54) is 31.0 Å². The second-order valence-corrected chi connectivity index (χ2v) is 4.29. The van der Waals surface area contributed by atoms with Crippen molar-refractivity contribution >= 4 is 16.9 Å². The lowest BCUT2D eigenvalue weighted by atomic mass is 10.1. The van der Waals surface area contributed by atoms with Crippen molar-refractivity contribution in [3.05, 3.63) is 0 Å². The van der Waals surface area contributed by atoms with E-state index in [2.05, 4.69) is 6.92 Å². The van der Waals surface area contributed by atoms with Crippen LogP contribution in [-0.4, -0.2) is 10.9 Å². The summed E-state index contributed by atoms with van der Waals surface area (Å²) in [6.07, 6.45) is 3.92. The summed E-state index contributed by atoms with van der Waals surface area (Å²) in [6, 6.07) is 0.